The summed E-state index contributed by atoms with van der Waals surface area (Å²) in [5.74, 6) is 0.914. The van der Waals surface area contributed by atoms with Gasteiger partial charge >= 0.3 is 0 Å². The highest BCUT2D eigenvalue weighted by Crippen LogP contribution is 2.28. The number of hydrogen-bond donors (Lipinski definition) is 1. The third-order valence-electron chi connectivity index (χ3n) is 4.38. The number of thioether (sulfide) groups is 1. The van der Waals surface area contributed by atoms with Gasteiger partial charge in [-0.15, -0.1) is 10.2 Å². The average molecular weight is 446 g/mol. The van der Waals surface area contributed by atoms with Gasteiger partial charge in [-0.3, -0.25) is 4.79 Å². The Bertz CT molecular complexity index is 882. The van der Waals surface area contributed by atoms with Crippen molar-refractivity contribution in [1.82, 2.24) is 10.2 Å². The van der Waals surface area contributed by atoms with Crippen molar-refractivity contribution in [3.63, 3.8) is 0 Å². The van der Waals surface area contributed by atoms with E-state index in [9.17, 15) is 4.79 Å². The van der Waals surface area contributed by atoms with E-state index in [1.54, 1.807) is 12.1 Å². The molecule has 1 aromatic carbocycles. The molecule has 2 rings (SSSR count). The molecule has 1 aromatic heterocycles. The molecule has 0 bridgehead atoms. The second-order valence-corrected chi connectivity index (χ2v) is 10.1. The van der Waals surface area contributed by atoms with E-state index >= 15 is 0 Å². The lowest BCUT2D eigenvalue weighted by Gasteiger charge is -2.11. The first-order chi connectivity index (χ1) is 14.3. The van der Waals surface area contributed by atoms with E-state index in [1.165, 1.54) is 34.2 Å². The molecule has 0 saturated carbocycles. The molecule has 0 saturated heterocycles. The van der Waals surface area contributed by atoms with Crippen LogP contribution in [0.1, 0.15) is 62.8 Å². The van der Waals surface area contributed by atoms with Gasteiger partial charge in [0, 0.05) is 5.56 Å². The molecule has 0 fully saturated rings. The number of carbonyl (C=O) groups is 1. The van der Waals surface area contributed by atoms with Crippen LogP contribution in [0.5, 0.6) is 5.75 Å². The third kappa shape index (κ3) is 8.05. The molecule has 2 aromatic rings. The van der Waals surface area contributed by atoms with Crippen molar-refractivity contribution in [2.45, 2.75) is 57.2 Å². The normalized spacial score (nSPS) is 12.7. The molecule has 5 nitrogen and oxygen atoms in total. The Morgan fingerprint density at radius 2 is 1.87 bits per heavy atom. The molecule has 1 atom stereocenters. The molecule has 2 N–H and O–H groups in total. The number of nitrogens with zero attached hydrogens (tertiary/aromatic N) is 2. The number of benzene rings is 1. The molecule has 7 heteroatoms. The number of hydrogen-bond acceptors (Lipinski definition) is 7. The van der Waals surface area contributed by atoms with Crippen LogP contribution >= 0.6 is 23.1 Å². The SMILES string of the molecule is CC(C)=CCC/C(C)=C/COc1ccc(C(=O)c2nnc(SC(N)C(C)C)s2)cc1. The van der Waals surface area contributed by atoms with Crippen molar-refractivity contribution in [3.05, 3.63) is 58.1 Å². The number of allylic oxidation sites excluding steroid dienone is 3. The van der Waals surface area contributed by atoms with Gasteiger partial charge in [-0.2, -0.15) is 0 Å². The first kappa shape index (κ1) is 24.3. The van der Waals surface area contributed by atoms with Crippen molar-refractivity contribution in [2.24, 2.45) is 11.7 Å². The summed E-state index contributed by atoms with van der Waals surface area (Å²) < 4.78 is 6.48. The van der Waals surface area contributed by atoms with Crippen LogP contribution in [0.15, 0.2) is 51.9 Å². The highest BCUT2D eigenvalue weighted by molar-refractivity contribution is 8.01. The van der Waals surface area contributed by atoms with Crippen LogP contribution in [0.4, 0.5) is 0 Å². The average Bonchev–Trinajstić information content (AvgIpc) is 3.16. The van der Waals surface area contributed by atoms with Crippen LogP contribution in [-0.2, 0) is 0 Å². The van der Waals surface area contributed by atoms with Gasteiger partial charge in [0.2, 0.25) is 5.78 Å². The maximum atomic E-state index is 12.7. The number of ether oxygens (including phenoxy) is 1. The predicted molar refractivity (Wildman–Crippen MR) is 126 cm³/mol. The summed E-state index contributed by atoms with van der Waals surface area (Å²) in [4.78, 5) is 12.7. The first-order valence-corrected chi connectivity index (χ1v) is 11.8. The Morgan fingerprint density at radius 1 is 1.17 bits per heavy atom. The summed E-state index contributed by atoms with van der Waals surface area (Å²) in [6, 6.07) is 7.14. The minimum absolute atomic E-state index is 0.0674. The van der Waals surface area contributed by atoms with Crippen LogP contribution in [0.2, 0.25) is 0 Å². The Labute approximate surface area is 187 Å². The molecule has 30 heavy (non-hydrogen) atoms. The van der Waals surface area contributed by atoms with Gasteiger partial charge in [0.25, 0.3) is 0 Å². The highest BCUT2D eigenvalue weighted by Gasteiger charge is 2.18. The van der Waals surface area contributed by atoms with E-state index in [-0.39, 0.29) is 11.2 Å². The van der Waals surface area contributed by atoms with E-state index in [0.29, 0.717) is 27.4 Å². The molecule has 162 valence electrons. The number of aromatic nitrogens is 2. The smallest absolute Gasteiger partial charge is 0.223 e. The topological polar surface area (TPSA) is 78.1 Å². The van der Waals surface area contributed by atoms with E-state index < -0.39 is 0 Å². The molecular formula is C23H31N3O2S2. The van der Waals surface area contributed by atoms with Gasteiger partial charge < -0.3 is 10.5 Å². The minimum Gasteiger partial charge on any atom is -0.490 e. The molecule has 0 aliphatic heterocycles. The zero-order valence-corrected chi connectivity index (χ0v) is 20.0. The zero-order valence-electron chi connectivity index (χ0n) is 18.3. The van der Waals surface area contributed by atoms with Crippen molar-refractivity contribution < 1.29 is 9.53 Å². The fraction of sp³-hybridized carbons (Fsp3) is 0.435. The first-order valence-electron chi connectivity index (χ1n) is 10.1. The summed E-state index contributed by atoms with van der Waals surface area (Å²) in [5, 5.41) is 8.42. The molecule has 0 spiro atoms. The monoisotopic (exact) mass is 445 g/mol. The fourth-order valence-electron chi connectivity index (χ4n) is 2.40. The second-order valence-electron chi connectivity index (χ2n) is 7.73. The van der Waals surface area contributed by atoms with E-state index in [4.69, 9.17) is 10.5 Å². The highest BCUT2D eigenvalue weighted by atomic mass is 32.2. The van der Waals surface area contributed by atoms with Crippen molar-refractivity contribution >= 4 is 28.9 Å². The minimum atomic E-state index is -0.140. The van der Waals surface area contributed by atoms with Gasteiger partial charge in [-0.25, -0.2) is 0 Å². The molecular weight excluding hydrogens is 414 g/mol. The maximum Gasteiger partial charge on any atom is 0.223 e. The van der Waals surface area contributed by atoms with Crippen LogP contribution in [-0.4, -0.2) is 28.0 Å². The largest absolute Gasteiger partial charge is 0.490 e. The van der Waals surface area contributed by atoms with E-state index in [1.807, 2.05) is 12.1 Å². The van der Waals surface area contributed by atoms with Crippen LogP contribution in [0.3, 0.4) is 0 Å². The number of ketones is 1. The quantitative estimate of drug-likeness (QED) is 0.202. The molecule has 0 amide bonds. The Morgan fingerprint density at radius 3 is 2.50 bits per heavy atom. The second kappa shape index (κ2) is 12.0. The van der Waals surface area contributed by atoms with Gasteiger partial charge in [0.05, 0.1) is 5.37 Å². The van der Waals surface area contributed by atoms with Gasteiger partial charge in [0.15, 0.2) is 9.35 Å². The molecule has 0 aliphatic rings. The van der Waals surface area contributed by atoms with Gasteiger partial charge in [-0.05, 0) is 69.9 Å². The van der Waals surface area contributed by atoms with Crippen LogP contribution in [0.25, 0.3) is 0 Å². The van der Waals surface area contributed by atoms with Gasteiger partial charge in [-0.1, -0.05) is 54.2 Å². The summed E-state index contributed by atoms with van der Waals surface area (Å²) in [6.45, 7) is 11.0. The van der Waals surface area contributed by atoms with Gasteiger partial charge in [0.1, 0.15) is 12.4 Å². The summed E-state index contributed by atoms with van der Waals surface area (Å²) >= 11 is 2.73. The van der Waals surface area contributed by atoms with Crippen molar-refractivity contribution in [2.75, 3.05) is 6.61 Å². The molecule has 0 aliphatic carbocycles. The Kier molecular flexibility index (Phi) is 9.75. The number of rotatable bonds is 11. The summed E-state index contributed by atoms with van der Waals surface area (Å²) in [6.07, 6.45) is 6.43. The fourth-order valence-corrected chi connectivity index (χ4v) is 4.29. The Balaban J connectivity index is 1.89. The zero-order chi connectivity index (χ0) is 22.1. The van der Waals surface area contributed by atoms with E-state index in [0.717, 1.165) is 18.6 Å². The van der Waals surface area contributed by atoms with Crippen molar-refractivity contribution in [1.29, 1.82) is 0 Å². The summed E-state index contributed by atoms with van der Waals surface area (Å²) in [5.41, 5.74) is 9.27. The number of nitrogens with two attached hydrogens (primary N) is 1. The molecule has 0 radical (unpaired) electrons. The third-order valence-corrected chi connectivity index (χ3v) is 6.74. The summed E-state index contributed by atoms with van der Waals surface area (Å²) in [7, 11) is 0. The number of carbonyl (C=O) groups excluding carboxylic acids is 1. The lowest BCUT2D eigenvalue weighted by atomic mass is 10.1. The molecule has 1 heterocycles. The van der Waals surface area contributed by atoms with Crippen LogP contribution < -0.4 is 10.5 Å². The van der Waals surface area contributed by atoms with E-state index in [2.05, 4.69) is 57.0 Å². The predicted octanol–water partition coefficient (Wildman–Crippen LogP) is 5.87. The maximum absolute atomic E-state index is 12.7. The van der Waals surface area contributed by atoms with Crippen molar-refractivity contribution in [3.8, 4) is 5.75 Å². The molecule has 1 unspecified atom stereocenters. The Hall–Kier alpha value is -1.96. The standard InChI is InChI=1S/C23H31N3O2S2/c1-15(2)7-6-8-17(5)13-14-28-19-11-9-18(10-12-19)20(27)22-25-26-23(30-22)29-21(24)16(3)4/h7,9-13,16,21H,6,8,14,24H2,1-5H3/b17-13+. The lowest BCUT2D eigenvalue weighted by Crippen LogP contribution is -2.21. The lowest BCUT2D eigenvalue weighted by molar-refractivity contribution is 0.103. The van der Waals surface area contributed by atoms with Crippen LogP contribution in [0, 0.1) is 5.92 Å².